The normalized spacial score (nSPS) is 13.0. The van der Waals surface area contributed by atoms with Crippen molar-refractivity contribution in [1.82, 2.24) is 4.57 Å². The van der Waals surface area contributed by atoms with Gasteiger partial charge in [0.25, 0.3) is 0 Å². The van der Waals surface area contributed by atoms with Crippen LogP contribution in [0.15, 0.2) is 227 Å². The number of aromatic nitrogens is 1. The molecule has 14 rings (SSSR count). The summed E-state index contributed by atoms with van der Waals surface area (Å²) < 4.78 is 15.3. The number of furan rings is 2. The minimum atomic E-state index is -0.0960. The Bertz CT molecular complexity index is 4110. The number of nitrogens with zero attached hydrogens (tertiary/aromatic N) is 2. The summed E-state index contributed by atoms with van der Waals surface area (Å²) in [5.41, 5.74) is 20.1. The molecule has 4 nitrogen and oxygen atoms in total. The molecule has 4 heteroatoms. The van der Waals surface area contributed by atoms with E-state index in [1.165, 1.54) is 49.6 Å². The fourth-order valence-electron chi connectivity index (χ4n) is 11.2. The van der Waals surface area contributed by atoms with E-state index in [2.05, 4.69) is 217 Å². The van der Waals surface area contributed by atoms with Crippen LogP contribution in [0.4, 0.5) is 17.1 Å². The Labute approximate surface area is 387 Å². The van der Waals surface area contributed by atoms with Gasteiger partial charge in [0.2, 0.25) is 0 Å². The van der Waals surface area contributed by atoms with Crippen molar-refractivity contribution in [3.05, 3.63) is 230 Å². The van der Waals surface area contributed by atoms with Crippen LogP contribution in [0, 0.1) is 0 Å². The SMILES string of the molecule is CC1(C)c2ccccc2-c2cc3c4cc(-c5ccc(N(c6ccc(-c7cccc8c7oc7ccccc78)cc6)c6cccc7oc8ccccc8c67)cc5)ccc4n(-c4ccccc4)c3cc21. The van der Waals surface area contributed by atoms with Crippen LogP contribution in [-0.2, 0) is 5.41 Å². The summed E-state index contributed by atoms with van der Waals surface area (Å²) in [6.45, 7) is 4.72. The van der Waals surface area contributed by atoms with E-state index < -0.39 is 0 Å². The van der Waals surface area contributed by atoms with Crippen molar-refractivity contribution in [2.24, 2.45) is 0 Å². The molecule has 0 fully saturated rings. The zero-order valence-electron chi connectivity index (χ0n) is 37.0. The highest BCUT2D eigenvalue weighted by molar-refractivity contribution is 6.15. The van der Waals surface area contributed by atoms with Gasteiger partial charge in [-0.25, -0.2) is 0 Å². The first-order valence-corrected chi connectivity index (χ1v) is 23.1. The molecule has 0 amide bonds. The molecule has 67 heavy (non-hydrogen) atoms. The Kier molecular flexibility index (Phi) is 8.00. The van der Waals surface area contributed by atoms with Crippen molar-refractivity contribution < 1.29 is 8.83 Å². The lowest BCUT2D eigenvalue weighted by atomic mass is 9.82. The molecule has 1 aliphatic rings. The largest absolute Gasteiger partial charge is 0.456 e. The Morgan fingerprint density at radius 2 is 1.00 bits per heavy atom. The minimum absolute atomic E-state index is 0.0960. The predicted octanol–water partition coefficient (Wildman–Crippen LogP) is 17.7. The van der Waals surface area contributed by atoms with Crippen LogP contribution in [0.2, 0.25) is 0 Å². The van der Waals surface area contributed by atoms with Crippen molar-refractivity contribution in [2.45, 2.75) is 19.3 Å². The number of fused-ring (bicyclic) bond motifs is 12. The van der Waals surface area contributed by atoms with Crippen LogP contribution < -0.4 is 4.90 Å². The summed E-state index contributed by atoms with van der Waals surface area (Å²) in [6, 6.07) is 78.8. The van der Waals surface area contributed by atoms with E-state index >= 15 is 0 Å². The maximum absolute atomic E-state index is 6.46. The molecule has 1 aliphatic carbocycles. The molecule has 10 aromatic carbocycles. The van der Waals surface area contributed by atoms with Crippen LogP contribution in [0.3, 0.4) is 0 Å². The lowest BCUT2D eigenvalue weighted by Crippen LogP contribution is -2.14. The van der Waals surface area contributed by atoms with E-state index in [1.807, 2.05) is 24.3 Å². The monoisotopic (exact) mass is 858 g/mol. The van der Waals surface area contributed by atoms with Crippen LogP contribution in [0.5, 0.6) is 0 Å². The van der Waals surface area contributed by atoms with E-state index in [1.54, 1.807) is 0 Å². The highest BCUT2D eigenvalue weighted by atomic mass is 16.3. The summed E-state index contributed by atoms with van der Waals surface area (Å²) in [7, 11) is 0. The summed E-state index contributed by atoms with van der Waals surface area (Å²) >= 11 is 0. The van der Waals surface area contributed by atoms with Gasteiger partial charge in [0.1, 0.15) is 22.3 Å². The zero-order valence-corrected chi connectivity index (χ0v) is 37.0. The van der Waals surface area contributed by atoms with E-state index in [4.69, 9.17) is 8.83 Å². The standard InChI is InChI=1S/C63H42N2O2/c1-63(2)53-21-9-6-16-46(53)50-37-52-51-36-41(30-35-55(51)65(57(52)38-54(50)63)42-14-4-3-5-15-42)39-26-31-43(32-27-39)64(56-22-13-25-60-61(56)49-18-8-11-24-59(49)66-60)44-33-28-40(29-34-44)45-19-12-20-48-47-17-7-10-23-58(47)67-62(45)48/h3-38H,1-2H3. The van der Waals surface area contributed by atoms with E-state index in [0.29, 0.717) is 0 Å². The van der Waals surface area contributed by atoms with Gasteiger partial charge in [-0.2, -0.15) is 0 Å². The fourth-order valence-corrected chi connectivity index (χ4v) is 11.2. The van der Waals surface area contributed by atoms with Gasteiger partial charge in [0.05, 0.1) is 22.1 Å². The first-order chi connectivity index (χ1) is 33.0. The zero-order chi connectivity index (χ0) is 44.4. The molecule has 0 spiro atoms. The first-order valence-electron chi connectivity index (χ1n) is 23.1. The average Bonchev–Trinajstić information content (AvgIpc) is 4.11. The number of benzene rings is 10. The molecule has 0 radical (unpaired) electrons. The van der Waals surface area contributed by atoms with Gasteiger partial charge in [-0.1, -0.05) is 147 Å². The molecule has 0 saturated carbocycles. The summed E-state index contributed by atoms with van der Waals surface area (Å²) in [5.74, 6) is 0. The lowest BCUT2D eigenvalue weighted by Gasteiger charge is -2.26. The van der Waals surface area contributed by atoms with Crippen molar-refractivity contribution in [3.8, 4) is 39.1 Å². The summed E-state index contributed by atoms with van der Waals surface area (Å²) in [4.78, 5) is 2.36. The molecule has 0 bridgehead atoms. The molecule has 316 valence electrons. The van der Waals surface area contributed by atoms with Gasteiger partial charge < -0.3 is 18.3 Å². The van der Waals surface area contributed by atoms with Gasteiger partial charge in [0.15, 0.2) is 0 Å². The molecule has 0 unspecified atom stereocenters. The van der Waals surface area contributed by atoms with E-state index in [9.17, 15) is 0 Å². The van der Waals surface area contributed by atoms with Crippen LogP contribution in [0.1, 0.15) is 25.0 Å². The van der Waals surface area contributed by atoms with E-state index in [0.717, 1.165) is 83.3 Å². The van der Waals surface area contributed by atoms with Gasteiger partial charge in [-0.15, -0.1) is 0 Å². The number of hydrogen-bond donors (Lipinski definition) is 0. The van der Waals surface area contributed by atoms with Crippen molar-refractivity contribution in [1.29, 1.82) is 0 Å². The molecular weight excluding hydrogens is 817 g/mol. The van der Waals surface area contributed by atoms with Gasteiger partial charge >= 0.3 is 0 Å². The van der Waals surface area contributed by atoms with Crippen molar-refractivity contribution in [3.63, 3.8) is 0 Å². The highest BCUT2D eigenvalue weighted by Crippen LogP contribution is 2.51. The van der Waals surface area contributed by atoms with Gasteiger partial charge in [-0.3, -0.25) is 0 Å². The Morgan fingerprint density at radius 1 is 0.388 bits per heavy atom. The van der Waals surface area contributed by atoms with Crippen LogP contribution in [-0.4, -0.2) is 4.57 Å². The Hall–Kier alpha value is -8.60. The second kappa shape index (κ2) is 14.2. The smallest absolute Gasteiger partial charge is 0.143 e. The molecule has 3 aromatic heterocycles. The maximum Gasteiger partial charge on any atom is 0.143 e. The first kappa shape index (κ1) is 37.7. The molecule has 3 heterocycles. The van der Waals surface area contributed by atoms with E-state index in [-0.39, 0.29) is 5.41 Å². The lowest BCUT2D eigenvalue weighted by molar-refractivity contribution is 0.661. The number of para-hydroxylation sites is 4. The molecule has 0 N–H and O–H groups in total. The number of hydrogen-bond acceptors (Lipinski definition) is 3. The van der Waals surface area contributed by atoms with Crippen LogP contribution in [0.25, 0.3) is 105 Å². The van der Waals surface area contributed by atoms with Gasteiger partial charge in [0, 0.05) is 55.0 Å². The molecule has 0 aliphatic heterocycles. The number of rotatable bonds is 6. The second-order valence-corrected chi connectivity index (χ2v) is 18.4. The second-order valence-electron chi connectivity index (χ2n) is 18.4. The highest BCUT2D eigenvalue weighted by Gasteiger charge is 2.36. The third kappa shape index (κ3) is 5.60. The topological polar surface area (TPSA) is 34.5 Å². The third-order valence-corrected chi connectivity index (χ3v) is 14.4. The van der Waals surface area contributed by atoms with Crippen molar-refractivity contribution in [2.75, 3.05) is 4.90 Å². The summed E-state index contributed by atoms with van der Waals surface area (Å²) in [6.07, 6.45) is 0. The van der Waals surface area contributed by atoms with Crippen LogP contribution >= 0.6 is 0 Å². The van der Waals surface area contributed by atoms with Crippen molar-refractivity contribution >= 4 is 82.7 Å². The number of anilines is 3. The molecule has 0 saturated heterocycles. The fraction of sp³-hybridized carbons (Fsp3) is 0.0476. The quantitative estimate of drug-likeness (QED) is 0.167. The predicted molar refractivity (Wildman–Crippen MR) is 278 cm³/mol. The Morgan fingerprint density at radius 3 is 1.81 bits per heavy atom. The van der Waals surface area contributed by atoms with Gasteiger partial charge in [-0.05, 0) is 124 Å². The molecule has 0 atom stereocenters. The summed E-state index contributed by atoms with van der Waals surface area (Å²) in [5, 5.41) is 6.92. The maximum atomic E-state index is 6.46. The Balaban J connectivity index is 0.908. The third-order valence-electron chi connectivity index (χ3n) is 14.4. The molecular formula is C63H42N2O2. The average molecular weight is 859 g/mol. The molecule has 13 aromatic rings. The minimum Gasteiger partial charge on any atom is -0.456 e.